The Balaban J connectivity index is 1.29. The molecule has 3 aliphatic rings. The van der Waals surface area contributed by atoms with Crippen LogP contribution in [0.2, 0.25) is 0 Å². The predicted molar refractivity (Wildman–Crippen MR) is 108 cm³/mol. The van der Waals surface area contributed by atoms with Crippen molar-refractivity contribution in [2.45, 2.75) is 37.3 Å². The summed E-state index contributed by atoms with van der Waals surface area (Å²) in [4.78, 5) is 19.4. The van der Waals surface area contributed by atoms with E-state index < -0.39 is 5.60 Å². The molecule has 0 spiro atoms. The third-order valence-corrected chi connectivity index (χ3v) is 6.71. The van der Waals surface area contributed by atoms with E-state index in [1.165, 1.54) is 11.1 Å². The number of hydrogen-bond donors (Lipinski definition) is 1. The highest BCUT2D eigenvalue weighted by molar-refractivity contribution is 5.86. The lowest BCUT2D eigenvalue weighted by atomic mass is 9.90. The fourth-order valence-corrected chi connectivity index (χ4v) is 5.08. The highest BCUT2D eigenvalue weighted by Crippen LogP contribution is 2.28. The number of benzene rings is 1. The summed E-state index contributed by atoms with van der Waals surface area (Å²) >= 11 is 0. The van der Waals surface area contributed by atoms with E-state index in [2.05, 4.69) is 34.1 Å². The lowest BCUT2D eigenvalue weighted by molar-refractivity contribution is -0.160. The average molecular weight is 388 g/mol. The van der Waals surface area contributed by atoms with Crippen molar-refractivity contribution in [2.75, 3.05) is 59.5 Å². The SMILES string of the molecule is COCCN1CCCC(O)(CN2CCN(C3Cc4ccccc4C3)CC2)C1=O. The maximum Gasteiger partial charge on any atom is 0.255 e. The van der Waals surface area contributed by atoms with Crippen molar-refractivity contribution >= 4 is 5.91 Å². The van der Waals surface area contributed by atoms with E-state index in [9.17, 15) is 9.90 Å². The van der Waals surface area contributed by atoms with E-state index in [0.29, 0.717) is 32.2 Å². The number of nitrogens with zero attached hydrogens (tertiary/aromatic N) is 3. The summed E-state index contributed by atoms with van der Waals surface area (Å²) in [5.74, 6) is -0.121. The molecule has 28 heavy (non-hydrogen) atoms. The predicted octanol–water partition coefficient (Wildman–Crippen LogP) is 0.771. The molecule has 0 aromatic heterocycles. The minimum atomic E-state index is -1.24. The van der Waals surface area contributed by atoms with E-state index in [0.717, 1.165) is 52.0 Å². The van der Waals surface area contributed by atoms with Crippen LogP contribution in [-0.2, 0) is 22.4 Å². The summed E-state index contributed by atoms with van der Waals surface area (Å²) < 4.78 is 5.10. The van der Waals surface area contributed by atoms with Crippen LogP contribution in [0.1, 0.15) is 24.0 Å². The van der Waals surface area contributed by atoms with Crippen molar-refractivity contribution in [2.24, 2.45) is 0 Å². The molecule has 154 valence electrons. The Labute approximate surface area is 168 Å². The Morgan fingerprint density at radius 2 is 1.79 bits per heavy atom. The van der Waals surface area contributed by atoms with E-state index in [1.54, 1.807) is 12.0 Å². The monoisotopic (exact) mass is 387 g/mol. The van der Waals surface area contributed by atoms with Gasteiger partial charge in [-0.05, 0) is 36.8 Å². The molecule has 1 atom stereocenters. The Morgan fingerprint density at radius 1 is 1.11 bits per heavy atom. The molecular weight excluding hydrogens is 354 g/mol. The molecule has 6 heteroatoms. The van der Waals surface area contributed by atoms with Gasteiger partial charge in [-0.1, -0.05) is 24.3 Å². The molecule has 1 aromatic carbocycles. The quantitative estimate of drug-likeness (QED) is 0.782. The smallest absolute Gasteiger partial charge is 0.255 e. The van der Waals surface area contributed by atoms with E-state index in [1.807, 2.05) is 0 Å². The zero-order chi connectivity index (χ0) is 19.6. The number of aliphatic hydroxyl groups is 1. The first-order valence-electron chi connectivity index (χ1n) is 10.6. The number of β-amino-alcohol motifs (C(OH)–C–C–N with tert-alkyl or cyclic N) is 1. The van der Waals surface area contributed by atoms with Crippen LogP contribution in [0, 0.1) is 0 Å². The number of amides is 1. The summed E-state index contributed by atoms with van der Waals surface area (Å²) in [6.45, 7) is 6.11. The first kappa shape index (κ1) is 19.8. The minimum Gasteiger partial charge on any atom is -0.383 e. The number of methoxy groups -OCH3 is 1. The molecule has 2 fully saturated rings. The number of piperidine rings is 1. The van der Waals surface area contributed by atoms with Gasteiger partial charge in [0.15, 0.2) is 5.60 Å². The van der Waals surface area contributed by atoms with Crippen LogP contribution in [0.15, 0.2) is 24.3 Å². The number of likely N-dealkylation sites (tertiary alicyclic amines) is 1. The number of carbonyl (C=O) groups excluding carboxylic acids is 1. The van der Waals surface area contributed by atoms with Crippen LogP contribution < -0.4 is 0 Å². The molecule has 2 heterocycles. The van der Waals surface area contributed by atoms with Crippen molar-refractivity contribution in [3.8, 4) is 0 Å². The molecule has 1 amide bonds. The van der Waals surface area contributed by atoms with Crippen LogP contribution in [0.3, 0.4) is 0 Å². The van der Waals surface area contributed by atoms with Gasteiger partial charge in [0, 0.05) is 59.0 Å². The van der Waals surface area contributed by atoms with Crippen LogP contribution in [0.4, 0.5) is 0 Å². The molecule has 0 saturated carbocycles. The summed E-state index contributed by atoms with van der Waals surface area (Å²) in [7, 11) is 1.64. The van der Waals surface area contributed by atoms with Gasteiger partial charge in [-0.25, -0.2) is 0 Å². The second-order valence-corrected chi connectivity index (χ2v) is 8.56. The van der Waals surface area contributed by atoms with Crippen LogP contribution >= 0.6 is 0 Å². The number of carbonyl (C=O) groups is 1. The standard InChI is InChI=1S/C22H33N3O3/c1-28-14-13-25-8-4-7-22(27,21(25)26)17-23-9-11-24(12-10-23)20-15-18-5-2-3-6-19(18)16-20/h2-3,5-6,20,27H,4,7-17H2,1H3. The van der Waals surface area contributed by atoms with E-state index in [-0.39, 0.29) is 5.91 Å². The van der Waals surface area contributed by atoms with Gasteiger partial charge in [-0.15, -0.1) is 0 Å². The van der Waals surface area contributed by atoms with Gasteiger partial charge >= 0.3 is 0 Å². The third kappa shape index (κ3) is 4.10. The number of hydrogen-bond acceptors (Lipinski definition) is 5. The van der Waals surface area contributed by atoms with Gasteiger partial charge in [-0.2, -0.15) is 0 Å². The van der Waals surface area contributed by atoms with Crippen molar-refractivity contribution in [3.05, 3.63) is 35.4 Å². The van der Waals surface area contributed by atoms with Crippen LogP contribution in [0.5, 0.6) is 0 Å². The van der Waals surface area contributed by atoms with Crippen molar-refractivity contribution in [1.82, 2.24) is 14.7 Å². The molecule has 4 rings (SSSR count). The van der Waals surface area contributed by atoms with Gasteiger partial charge in [0.2, 0.25) is 0 Å². The van der Waals surface area contributed by atoms with Gasteiger partial charge in [0.1, 0.15) is 0 Å². The number of rotatable bonds is 6. The Bertz CT molecular complexity index is 664. The minimum absolute atomic E-state index is 0.121. The molecular formula is C22H33N3O3. The molecule has 0 radical (unpaired) electrons. The van der Waals surface area contributed by atoms with E-state index >= 15 is 0 Å². The average Bonchev–Trinajstić information content (AvgIpc) is 3.14. The molecule has 1 aromatic rings. The number of ether oxygens (including phenoxy) is 1. The number of fused-ring (bicyclic) bond motifs is 1. The van der Waals surface area contributed by atoms with Crippen molar-refractivity contribution in [1.29, 1.82) is 0 Å². The summed E-state index contributed by atoms with van der Waals surface area (Å²) in [5.41, 5.74) is 1.75. The lowest BCUT2D eigenvalue weighted by Gasteiger charge is -2.44. The normalized spacial score (nSPS) is 27.4. The van der Waals surface area contributed by atoms with Gasteiger partial charge < -0.3 is 14.7 Å². The Morgan fingerprint density at radius 3 is 2.43 bits per heavy atom. The van der Waals surface area contributed by atoms with Gasteiger partial charge in [0.25, 0.3) is 5.91 Å². The molecule has 6 nitrogen and oxygen atoms in total. The molecule has 1 unspecified atom stereocenters. The Hall–Kier alpha value is -1.47. The summed E-state index contributed by atoms with van der Waals surface area (Å²) in [6, 6.07) is 9.38. The molecule has 1 aliphatic carbocycles. The fourth-order valence-electron chi connectivity index (χ4n) is 5.08. The first-order valence-corrected chi connectivity index (χ1v) is 10.6. The zero-order valence-electron chi connectivity index (χ0n) is 17.0. The summed E-state index contributed by atoms with van der Waals surface area (Å²) in [5, 5.41) is 11.1. The molecule has 1 N–H and O–H groups in total. The Kier molecular flexibility index (Phi) is 6.01. The highest BCUT2D eigenvalue weighted by atomic mass is 16.5. The van der Waals surface area contributed by atoms with Crippen molar-refractivity contribution < 1.29 is 14.6 Å². The first-order chi connectivity index (χ1) is 13.6. The third-order valence-electron chi connectivity index (χ3n) is 6.71. The van der Waals surface area contributed by atoms with Gasteiger partial charge in [0.05, 0.1) is 6.61 Å². The molecule has 2 aliphatic heterocycles. The van der Waals surface area contributed by atoms with E-state index in [4.69, 9.17) is 4.74 Å². The molecule has 2 saturated heterocycles. The maximum atomic E-state index is 12.8. The van der Waals surface area contributed by atoms with Crippen LogP contribution in [-0.4, -0.2) is 96.9 Å². The zero-order valence-corrected chi connectivity index (χ0v) is 17.0. The van der Waals surface area contributed by atoms with Gasteiger partial charge in [-0.3, -0.25) is 14.6 Å². The number of piperazine rings is 1. The summed E-state index contributed by atoms with van der Waals surface area (Å²) in [6.07, 6.45) is 3.71. The fraction of sp³-hybridized carbons (Fsp3) is 0.682. The topological polar surface area (TPSA) is 56.3 Å². The second-order valence-electron chi connectivity index (χ2n) is 8.56. The second kappa shape index (κ2) is 8.49. The maximum absolute atomic E-state index is 12.8. The largest absolute Gasteiger partial charge is 0.383 e. The van der Waals surface area contributed by atoms with Crippen molar-refractivity contribution in [3.63, 3.8) is 0 Å². The highest BCUT2D eigenvalue weighted by Gasteiger charge is 2.43. The van der Waals surface area contributed by atoms with Crippen LogP contribution in [0.25, 0.3) is 0 Å². The lowest BCUT2D eigenvalue weighted by Crippen LogP contribution is -2.61. The molecule has 0 bridgehead atoms.